The molecule has 0 radical (unpaired) electrons. The molecule has 0 spiro atoms. The second kappa shape index (κ2) is 6.45. The van der Waals surface area contributed by atoms with E-state index in [0.717, 1.165) is 18.1 Å². The molecule has 5 heteroatoms. The quantitative estimate of drug-likeness (QED) is 0.774. The average molecular weight is 272 g/mol. The lowest BCUT2D eigenvalue weighted by atomic mass is 9.97. The molecule has 4 nitrogen and oxygen atoms in total. The van der Waals surface area contributed by atoms with Crippen molar-refractivity contribution in [3.05, 3.63) is 0 Å². The van der Waals surface area contributed by atoms with Crippen molar-refractivity contribution in [2.75, 3.05) is 18.1 Å². The minimum Gasteiger partial charge on any atom is -0.342 e. The van der Waals surface area contributed by atoms with E-state index in [4.69, 9.17) is 0 Å². The van der Waals surface area contributed by atoms with Crippen LogP contribution in [0.15, 0.2) is 0 Å². The Kier molecular flexibility index (Phi) is 5.50. The van der Waals surface area contributed by atoms with E-state index in [0.29, 0.717) is 12.8 Å². The molecule has 2 unspecified atom stereocenters. The summed E-state index contributed by atoms with van der Waals surface area (Å²) in [6.45, 7) is 8.55. The molecule has 0 aliphatic carbocycles. The highest BCUT2D eigenvalue weighted by Gasteiger charge is 2.41. The van der Waals surface area contributed by atoms with Gasteiger partial charge < -0.3 is 10.2 Å². The molecule has 2 amide bonds. The highest BCUT2D eigenvalue weighted by atomic mass is 32.2. The van der Waals surface area contributed by atoms with Gasteiger partial charge in [0, 0.05) is 24.8 Å². The zero-order chi connectivity index (χ0) is 13.8. The summed E-state index contributed by atoms with van der Waals surface area (Å²) >= 11 is 1.82. The molecule has 1 N–H and O–H groups in total. The molecule has 1 aliphatic heterocycles. The van der Waals surface area contributed by atoms with Crippen LogP contribution in [0.25, 0.3) is 0 Å². The van der Waals surface area contributed by atoms with Crippen LogP contribution in [0, 0.1) is 0 Å². The van der Waals surface area contributed by atoms with Gasteiger partial charge in [0.25, 0.3) is 0 Å². The normalized spacial score (nSPS) is 29.1. The van der Waals surface area contributed by atoms with Gasteiger partial charge in [-0.25, -0.2) is 0 Å². The number of rotatable bonds is 5. The highest BCUT2D eigenvalue weighted by Crippen LogP contribution is 2.21. The Balaban J connectivity index is 2.84. The summed E-state index contributed by atoms with van der Waals surface area (Å²) in [6.07, 6.45) is 1.03. The third-order valence-electron chi connectivity index (χ3n) is 3.55. The van der Waals surface area contributed by atoms with Crippen molar-refractivity contribution in [1.82, 2.24) is 10.2 Å². The van der Waals surface area contributed by atoms with E-state index < -0.39 is 5.54 Å². The van der Waals surface area contributed by atoms with Gasteiger partial charge in [0.2, 0.25) is 11.8 Å². The summed E-state index contributed by atoms with van der Waals surface area (Å²) < 4.78 is 0. The Morgan fingerprint density at radius 1 is 1.44 bits per heavy atom. The van der Waals surface area contributed by atoms with Crippen LogP contribution in [0.4, 0.5) is 0 Å². The molecule has 0 saturated carbocycles. The molecule has 0 aromatic heterocycles. The van der Waals surface area contributed by atoms with Crippen molar-refractivity contribution in [2.45, 2.75) is 52.1 Å². The van der Waals surface area contributed by atoms with Crippen LogP contribution in [0.2, 0.25) is 0 Å². The topological polar surface area (TPSA) is 49.4 Å². The minimum absolute atomic E-state index is 0.0108. The molecule has 1 fully saturated rings. The van der Waals surface area contributed by atoms with Gasteiger partial charge in [-0.1, -0.05) is 13.8 Å². The van der Waals surface area contributed by atoms with Crippen molar-refractivity contribution in [2.24, 2.45) is 0 Å². The lowest BCUT2D eigenvalue weighted by Crippen LogP contribution is -2.55. The zero-order valence-electron chi connectivity index (χ0n) is 11.8. The summed E-state index contributed by atoms with van der Waals surface area (Å²) in [5.74, 6) is 2.02. The standard InChI is InChI=1S/C13H24N2O2S/c1-5-13(4)12(17)15(7-8-18-6-2)10(3)9-11(16)14-13/h10H,5-9H2,1-4H3,(H,14,16). The molecule has 1 saturated heterocycles. The third-order valence-corrected chi connectivity index (χ3v) is 4.43. The maximum atomic E-state index is 12.6. The maximum Gasteiger partial charge on any atom is 0.248 e. The molecule has 1 heterocycles. The van der Waals surface area contributed by atoms with E-state index in [2.05, 4.69) is 12.2 Å². The summed E-state index contributed by atoms with van der Waals surface area (Å²) in [5.41, 5.74) is -0.737. The Morgan fingerprint density at radius 2 is 2.11 bits per heavy atom. The minimum atomic E-state index is -0.737. The van der Waals surface area contributed by atoms with E-state index in [1.165, 1.54) is 0 Å². The number of hydrogen-bond acceptors (Lipinski definition) is 3. The second-order valence-corrected chi connectivity index (χ2v) is 6.38. The maximum absolute atomic E-state index is 12.6. The highest BCUT2D eigenvalue weighted by molar-refractivity contribution is 7.99. The van der Waals surface area contributed by atoms with Gasteiger partial charge in [-0.15, -0.1) is 0 Å². The fourth-order valence-electron chi connectivity index (χ4n) is 2.18. The van der Waals surface area contributed by atoms with Crippen molar-refractivity contribution in [3.63, 3.8) is 0 Å². The molecule has 104 valence electrons. The SMILES string of the molecule is CCSCCN1C(=O)C(C)(CC)NC(=O)CC1C. The number of nitrogens with one attached hydrogen (secondary N) is 1. The first-order valence-corrected chi connectivity index (χ1v) is 7.80. The van der Waals surface area contributed by atoms with Gasteiger partial charge in [0.1, 0.15) is 5.54 Å². The smallest absolute Gasteiger partial charge is 0.248 e. The van der Waals surface area contributed by atoms with Crippen molar-refractivity contribution < 1.29 is 9.59 Å². The number of carbonyl (C=O) groups excluding carboxylic acids is 2. The van der Waals surface area contributed by atoms with Crippen LogP contribution >= 0.6 is 11.8 Å². The van der Waals surface area contributed by atoms with Gasteiger partial charge in [0.15, 0.2) is 0 Å². The van der Waals surface area contributed by atoms with Gasteiger partial charge in [-0.05, 0) is 26.0 Å². The number of thioether (sulfide) groups is 1. The number of hydrogen-bond donors (Lipinski definition) is 1. The van der Waals surface area contributed by atoms with Crippen LogP contribution in [0.5, 0.6) is 0 Å². The lowest BCUT2D eigenvalue weighted by Gasteiger charge is -2.33. The molecular weight excluding hydrogens is 248 g/mol. The molecular formula is C13H24N2O2S. The monoisotopic (exact) mass is 272 g/mol. The van der Waals surface area contributed by atoms with E-state index in [1.807, 2.05) is 37.4 Å². The van der Waals surface area contributed by atoms with Crippen LogP contribution in [-0.4, -0.2) is 46.3 Å². The van der Waals surface area contributed by atoms with Gasteiger partial charge >= 0.3 is 0 Å². The van der Waals surface area contributed by atoms with Crippen LogP contribution in [0.1, 0.15) is 40.5 Å². The summed E-state index contributed by atoms with van der Waals surface area (Å²) in [7, 11) is 0. The molecule has 2 atom stereocenters. The fraction of sp³-hybridized carbons (Fsp3) is 0.846. The predicted molar refractivity (Wildman–Crippen MR) is 75.6 cm³/mol. The number of amides is 2. The van der Waals surface area contributed by atoms with Crippen molar-refractivity contribution in [1.29, 1.82) is 0 Å². The summed E-state index contributed by atoms with van der Waals surface area (Å²) in [4.78, 5) is 26.2. The van der Waals surface area contributed by atoms with Crippen LogP contribution in [0.3, 0.4) is 0 Å². The van der Waals surface area contributed by atoms with E-state index in [9.17, 15) is 9.59 Å². The van der Waals surface area contributed by atoms with Crippen molar-refractivity contribution >= 4 is 23.6 Å². The molecule has 1 rings (SSSR count). The van der Waals surface area contributed by atoms with E-state index in [-0.39, 0.29) is 17.9 Å². The third kappa shape index (κ3) is 3.40. The number of nitrogens with zero attached hydrogens (tertiary/aromatic N) is 1. The van der Waals surface area contributed by atoms with Gasteiger partial charge in [-0.2, -0.15) is 11.8 Å². The van der Waals surface area contributed by atoms with Crippen LogP contribution < -0.4 is 5.32 Å². The van der Waals surface area contributed by atoms with Crippen LogP contribution in [-0.2, 0) is 9.59 Å². The average Bonchev–Trinajstić information content (AvgIpc) is 2.39. The zero-order valence-corrected chi connectivity index (χ0v) is 12.6. The molecule has 0 bridgehead atoms. The summed E-state index contributed by atoms with van der Waals surface area (Å²) in [5, 5.41) is 2.87. The van der Waals surface area contributed by atoms with Crippen molar-refractivity contribution in [3.8, 4) is 0 Å². The molecule has 0 aromatic carbocycles. The summed E-state index contributed by atoms with van der Waals surface area (Å²) in [6, 6.07) is -0.0108. The first-order valence-electron chi connectivity index (χ1n) is 6.64. The lowest BCUT2D eigenvalue weighted by molar-refractivity contribution is -0.139. The predicted octanol–water partition coefficient (Wildman–Crippen LogP) is 1.65. The Labute approximate surface area is 114 Å². The van der Waals surface area contributed by atoms with Gasteiger partial charge in [0.05, 0.1) is 0 Å². The first-order chi connectivity index (χ1) is 8.44. The largest absolute Gasteiger partial charge is 0.342 e. The molecule has 0 aromatic rings. The molecule has 1 aliphatic rings. The molecule has 18 heavy (non-hydrogen) atoms. The Hall–Kier alpha value is -0.710. The second-order valence-electron chi connectivity index (χ2n) is 4.98. The fourth-order valence-corrected chi connectivity index (χ4v) is 2.79. The first kappa shape index (κ1) is 15.3. The van der Waals surface area contributed by atoms with Gasteiger partial charge in [-0.3, -0.25) is 9.59 Å². The Morgan fingerprint density at radius 3 is 2.67 bits per heavy atom. The van der Waals surface area contributed by atoms with E-state index >= 15 is 0 Å². The Bertz CT molecular complexity index is 322. The van der Waals surface area contributed by atoms with E-state index in [1.54, 1.807) is 0 Å². The number of carbonyl (C=O) groups is 2.